The predicted molar refractivity (Wildman–Crippen MR) is 82.1 cm³/mol. The van der Waals surface area contributed by atoms with Crippen LogP contribution in [0.15, 0.2) is 28.8 Å². The summed E-state index contributed by atoms with van der Waals surface area (Å²) in [6.07, 6.45) is 5.17. The van der Waals surface area contributed by atoms with Crippen molar-refractivity contribution < 1.29 is 13.7 Å². The van der Waals surface area contributed by atoms with Crippen LogP contribution >= 0.6 is 0 Å². The molecule has 2 fully saturated rings. The van der Waals surface area contributed by atoms with Crippen molar-refractivity contribution >= 4 is 0 Å². The quantitative estimate of drug-likeness (QED) is 0.871. The Kier molecular flexibility index (Phi) is 4.10. The molecule has 0 N–H and O–H groups in total. The van der Waals surface area contributed by atoms with Crippen molar-refractivity contribution in [3.8, 4) is 11.4 Å². The van der Waals surface area contributed by atoms with Gasteiger partial charge >= 0.3 is 0 Å². The molecule has 1 aliphatic heterocycles. The number of benzene rings is 1. The zero-order valence-corrected chi connectivity index (χ0v) is 12.9. The second-order valence-electron chi connectivity index (χ2n) is 6.25. The first kappa shape index (κ1) is 14.8. The van der Waals surface area contributed by atoms with E-state index in [-0.39, 0.29) is 5.82 Å². The monoisotopic (exact) mass is 317 g/mol. The summed E-state index contributed by atoms with van der Waals surface area (Å²) < 4.78 is 24.3. The van der Waals surface area contributed by atoms with Crippen LogP contribution in [-0.4, -0.2) is 40.3 Å². The number of hydrogen-bond acceptors (Lipinski definition) is 5. The Labute approximate surface area is 134 Å². The molecule has 2 atom stereocenters. The number of rotatable bonds is 3. The summed E-state index contributed by atoms with van der Waals surface area (Å²) in [4.78, 5) is 6.86. The van der Waals surface area contributed by atoms with E-state index < -0.39 is 0 Å². The highest BCUT2D eigenvalue weighted by Gasteiger charge is 2.34. The highest BCUT2D eigenvalue weighted by atomic mass is 19.1. The summed E-state index contributed by atoms with van der Waals surface area (Å²) in [7, 11) is 0. The van der Waals surface area contributed by atoms with Gasteiger partial charge in [-0.05, 0) is 37.1 Å². The molecule has 0 bridgehead atoms. The van der Waals surface area contributed by atoms with Crippen LogP contribution in [0.3, 0.4) is 0 Å². The number of morpholine rings is 1. The topological polar surface area (TPSA) is 51.4 Å². The van der Waals surface area contributed by atoms with Gasteiger partial charge in [-0.2, -0.15) is 4.98 Å². The summed E-state index contributed by atoms with van der Waals surface area (Å²) in [6.45, 7) is 2.31. The minimum atomic E-state index is -0.269. The van der Waals surface area contributed by atoms with E-state index in [1.165, 1.54) is 31.4 Å². The zero-order chi connectivity index (χ0) is 15.6. The molecule has 2 heterocycles. The van der Waals surface area contributed by atoms with Crippen molar-refractivity contribution in [3.05, 3.63) is 36.0 Å². The van der Waals surface area contributed by atoms with Crippen LogP contribution < -0.4 is 0 Å². The van der Waals surface area contributed by atoms with E-state index in [2.05, 4.69) is 15.0 Å². The number of halogens is 1. The standard InChI is InChI=1S/C17H20FN3O2/c18-13-7-5-12(6-8-13)17-19-16(23-20-17)11-21-9-10-22-15-4-2-1-3-14(15)21/h5-8,14-15H,1-4,9-11H2/t14-,15-/m0/s1. The van der Waals surface area contributed by atoms with Crippen molar-refractivity contribution in [2.45, 2.75) is 44.4 Å². The molecule has 2 aromatic rings. The molecule has 1 aromatic heterocycles. The molecule has 2 aliphatic rings. The molecule has 0 radical (unpaired) electrons. The van der Waals surface area contributed by atoms with Crippen LogP contribution in [0.1, 0.15) is 31.6 Å². The van der Waals surface area contributed by atoms with Gasteiger partial charge in [0, 0.05) is 18.2 Å². The molecule has 4 rings (SSSR count). The maximum Gasteiger partial charge on any atom is 0.241 e. The first-order chi connectivity index (χ1) is 11.3. The van der Waals surface area contributed by atoms with Gasteiger partial charge in [-0.25, -0.2) is 4.39 Å². The Hall–Kier alpha value is -1.79. The zero-order valence-electron chi connectivity index (χ0n) is 12.9. The number of aromatic nitrogens is 2. The van der Waals surface area contributed by atoms with Crippen LogP contribution in [0.5, 0.6) is 0 Å². The lowest BCUT2D eigenvalue weighted by Crippen LogP contribution is -2.52. The van der Waals surface area contributed by atoms with E-state index in [1.54, 1.807) is 12.1 Å². The average Bonchev–Trinajstić information content (AvgIpc) is 3.04. The Morgan fingerprint density at radius 2 is 2.00 bits per heavy atom. The van der Waals surface area contributed by atoms with Gasteiger partial charge in [-0.3, -0.25) is 4.90 Å². The van der Waals surface area contributed by atoms with Gasteiger partial charge < -0.3 is 9.26 Å². The van der Waals surface area contributed by atoms with Gasteiger partial charge in [0.15, 0.2) is 0 Å². The Morgan fingerprint density at radius 1 is 1.17 bits per heavy atom. The third-order valence-corrected chi connectivity index (χ3v) is 4.76. The highest BCUT2D eigenvalue weighted by Crippen LogP contribution is 2.29. The molecular weight excluding hydrogens is 297 g/mol. The van der Waals surface area contributed by atoms with Crippen molar-refractivity contribution in [1.82, 2.24) is 15.0 Å². The fourth-order valence-corrected chi connectivity index (χ4v) is 3.58. The SMILES string of the molecule is Fc1ccc(-c2noc(CN3CCO[C@H]4CCCC[C@@H]43)n2)cc1. The summed E-state index contributed by atoms with van der Waals surface area (Å²) in [5, 5.41) is 4.02. The summed E-state index contributed by atoms with van der Waals surface area (Å²) in [6, 6.07) is 6.59. The molecule has 1 aliphatic carbocycles. The van der Waals surface area contributed by atoms with Crippen LogP contribution in [0.4, 0.5) is 4.39 Å². The smallest absolute Gasteiger partial charge is 0.241 e. The maximum atomic E-state index is 13.0. The molecule has 0 unspecified atom stereocenters. The number of nitrogens with zero attached hydrogens (tertiary/aromatic N) is 3. The molecule has 23 heavy (non-hydrogen) atoms. The maximum absolute atomic E-state index is 13.0. The van der Waals surface area contributed by atoms with Gasteiger partial charge in [0.2, 0.25) is 11.7 Å². The molecule has 1 saturated heterocycles. The second kappa shape index (κ2) is 6.37. The van der Waals surface area contributed by atoms with Crippen molar-refractivity contribution in [2.24, 2.45) is 0 Å². The molecule has 5 nitrogen and oxygen atoms in total. The third-order valence-electron chi connectivity index (χ3n) is 4.76. The predicted octanol–water partition coefficient (Wildman–Crippen LogP) is 3.02. The lowest BCUT2D eigenvalue weighted by Gasteiger charge is -2.43. The average molecular weight is 317 g/mol. The first-order valence-corrected chi connectivity index (χ1v) is 8.24. The summed E-state index contributed by atoms with van der Waals surface area (Å²) in [5.74, 6) is 0.845. The van der Waals surface area contributed by atoms with E-state index in [0.717, 1.165) is 25.1 Å². The normalized spacial score (nSPS) is 25.3. The van der Waals surface area contributed by atoms with Crippen LogP contribution in [0.25, 0.3) is 11.4 Å². The Bertz CT molecular complexity index is 656. The fourth-order valence-electron chi connectivity index (χ4n) is 3.58. The minimum absolute atomic E-state index is 0.269. The number of fused-ring (bicyclic) bond motifs is 1. The van der Waals surface area contributed by atoms with Crippen molar-refractivity contribution in [1.29, 1.82) is 0 Å². The Morgan fingerprint density at radius 3 is 2.87 bits per heavy atom. The summed E-state index contributed by atoms with van der Waals surface area (Å²) in [5.41, 5.74) is 0.763. The molecule has 6 heteroatoms. The van der Waals surface area contributed by atoms with Gasteiger partial charge in [0.05, 0.1) is 19.3 Å². The van der Waals surface area contributed by atoms with Gasteiger partial charge in [-0.15, -0.1) is 0 Å². The Balaban J connectivity index is 1.47. The second-order valence-corrected chi connectivity index (χ2v) is 6.25. The fraction of sp³-hybridized carbons (Fsp3) is 0.529. The van der Waals surface area contributed by atoms with E-state index in [0.29, 0.717) is 30.4 Å². The lowest BCUT2D eigenvalue weighted by atomic mass is 9.90. The third kappa shape index (κ3) is 3.14. The van der Waals surface area contributed by atoms with Crippen LogP contribution in [0.2, 0.25) is 0 Å². The molecule has 122 valence electrons. The van der Waals surface area contributed by atoms with E-state index in [1.807, 2.05) is 0 Å². The lowest BCUT2D eigenvalue weighted by molar-refractivity contribution is -0.0933. The van der Waals surface area contributed by atoms with E-state index in [9.17, 15) is 4.39 Å². The van der Waals surface area contributed by atoms with Gasteiger partial charge in [0.1, 0.15) is 5.82 Å². The van der Waals surface area contributed by atoms with Crippen LogP contribution in [-0.2, 0) is 11.3 Å². The van der Waals surface area contributed by atoms with Gasteiger partial charge in [0.25, 0.3) is 0 Å². The van der Waals surface area contributed by atoms with E-state index in [4.69, 9.17) is 9.26 Å². The highest BCUT2D eigenvalue weighted by molar-refractivity contribution is 5.53. The van der Waals surface area contributed by atoms with Gasteiger partial charge in [-0.1, -0.05) is 18.0 Å². The molecular formula is C17H20FN3O2. The molecule has 0 amide bonds. The van der Waals surface area contributed by atoms with Crippen molar-refractivity contribution in [2.75, 3.05) is 13.2 Å². The first-order valence-electron chi connectivity index (χ1n) is 8.24. The number of hydrogen-bond donors (Lipinski definition) is 0. The van der Waals surface area contributed by atoms with Crippen LogP contribution in [0, 0.1) is 5.82 Å². The van der Waals surface area contributed by atoms with E-state index >= 15 is 0 Å². The molecule has 1 aromatic carbocycles. The largest absolute Gasteiger partial charge is 0.375 e. The summed E-state index contributed by atoms with van der Waals surface area (Å²) >= 11 is 0. The van der Waals surface area contributed by atoms with Crippen molar-refractivity contribution in [3.63, 3.8) is 0 Å². The minimum Gasteiger partial charge on any atom is -0.375 e. The number of ether oxygens (including phenoxy) is 1. The molecule has 1 saturated carbocycles. The molecule has 0 spiro atoms.